The monoisotopic (exact) mass is 410 g/mol. The van der Waals surface area contributed by atoms with Gasteiger partial charge in [-0.1, -0.05) is 38.1 Å². The van der Waals surface area contributed by atoms with Gasteiger partial charge in [0.1, 0.15) is 11.9 Å². The van der Waals surface area contributed by atoms with Crippen molar-refractivity contribution in [2.24, 2.45) is 0 Å². The molecule has 2 N–H and O–H groups in total. The molecular formula is C22H30N6O2. The Morgan fingerprint density at radius 3 is 2.67 bits per heavy atom. The first-order chi connectivity index (χ1) is 14.5. The van der Waals surface area contributed by atoms with E-state index in [4.69, 9.17) is 0 Å². The Balaban J connectivity index is 1.32. The highest BCUT2D eigenvalue weighted by atomic mass is 16.2. The molecule has 8 heteroatoms. The van der Waals surface area contributed by atoms with Crippen molar-refractivity contribution < 1.29 is 9.59 Å². The molecule has 8 nitrogen and oxygen atoms in total. The van der Waals surface area contributed by atoms with Gasteiger partial charge in [0.05, 0.1) is 6.54 Å². The van der Waals surface area contributed by atoms with Crippen molar-refractivity contribution in [2.75, 3.05) is 13.1 Å². The highest BCUT2D eigenvalue weighted by Gasteiger charge is 2.27. The first-order valence-corrected chi connectivity index (χ1v) is 10.8. The van der Waals surface area contributed by atoms with Crippen LogP contribution in [0.1, 0.15) is 55.4 Å². The zero-order valence-electron chi connectivity index (χ0n) is 17.7. The Labute approximate surface area is 177 Å². The molecule has 1 aromatic carbocycles. The van der Waals surface area contributed by atoms with Crippen LogP contribution in [0.3, 0.4) is 0 Å². The summed E-state index contributed by atoms with van der Waals surface area (Å²) in [5, 5.41) is 14.2. The van der Waals surface area contributed by atoms with E-state index in [1.807, 2.05) is 0 Å². The second-order valence-electron chi connectivity index (χ2n) is 8.48. The largest absolute Gasteiger partial charge is 0.347 e. The Morgan fingerprint density at radius 2 is 1.97 bits per heavy atom. The molecule has 2 amide bonds. The second kappa shape index (κ2) is 8.95. The second-order valence-corrected chi connectivity index (χ2v) is 8.48. The first-order valence-electron chi connectivity index (χ1n) is 10.8. The van der Waals surface area contributed by atoms with Gasteiger partial charge in [0, 0.05) is 39.0 Å². The third-order valence-electron chi connectivity index (χ3n) is 5.98. The minimum absolute atomic E-state index is 0.0644. The van der Waals surface area contributed by atoms with E-state index in [0.717, 1.165) is 44.2 Å². The van der Waals surface area contributed by atoms with Crippen molar-refractivity contribution in [1.82, 2.24) is 30.3 Å². The highest BCUT2D eigenvalue weighted by molar-refractivity contribution is 5.90. The van der Waals surface area contributed by atoms with Crippen LogP contribution >= 0.6 is 0 Å². The fourth-order valence-electron chi connectivity index (χ4n) is 4.08. The summed E-state index contributed by atoms with van der Waals surface area (Å²) in [6.07, 6.45) is 1.80. The topological polar surface area (TPSA) is 92.2 Å². The number of hydrogen-bond donors (Lipinski definition) is 2. The summed E-state index contributed by atoms with van der Waals surface area (Å²) in [5.41, 5.74) is 2.69. The van der Waals surface area contributed by atoms with Gasteiger partial charge in [0.2, 0.25) is 11.8 Å². The molecule has 1 unspecified atom stereocenters. The number of carbonyl (C=O) groups is 2. The Bertz CT molecular complexity index is 905. The fraction of sp³-hybridized carbons (Fsp3) is 0.545. The number of carbonyl (C=O) groups excluding carboxylic acids is 2. The summed E-state index contributed by atoms with van der Waals surface area (Å²) in [6, 6.07) is 8.47. The van der Waals surface area contributed by atoms with Crippen molar-refractivity contribution in [1.29, 1.82) is 0 Å². The van der Waals surface area contributed by atoms with Crippen molar-refractivity contribution in [3.63, 3.8) is 0 Å². The van der Waals surface area contributed by atoms with Gasteiger partial charge in [0.25, 0.3) is 0 Å². The minimum atomic E-state index is -0.429. The van der Waals surface area contributed by atoms with Crippen LogP contribution < -0.4 is 10.6 Å². The summed E-state index contributed by atoms with van der Waals surface area (Å²) >= 11 is 0. The van der Waals surface area contributed by atoms with E-state index >= 15 is 0 Å². The molecule has 1 aromatic heterocycles. The molecule has 160 valence electrons. The zero-order chi connectivity index (χ0) is 21.1. The first kappa shape index (κ1) is 20.5. The number of fused-ring (bicyclic) bond motifs is 1. The highest BCUT2D eigenvalue weighted by Crippen LogP contribution is 2.17. The SMILES string of the molecule is CC(C)c1ccc(CN2CCc3nnc(CNC(=O)C4CCC(=O)N4)n3CC2)cc1. The lowest BCUT2D eigenvalue weighted by Crippen LogP contribution is -2.41. The van der Waals surface area contributed by atoms with Gasteiger partial charge in [-0.2, -0.15) is 0 Å². The molecule has 0 radical (unpaired) electrons. The molecule has 2 aliphatic heterocycles. The lowest BCUT2D eigenvalue weighted by molar-refractivity contribution is -0.125. The van der Waals surface area contributed by atoms with E-state index in [-0.39, 0.29) is 11.8 Å². The number of nitrogens with zero attached hydrogens (tertiary/aromatic N) is 4. The van der Waals surface area contributed by atoms with Crippen LogP contribution in [0.25, 0.3) is 0 Å². The molecule has 1 atom stereocenters. The van der Waals surface area contributed by atoms with Gasteiger partial charge in [-0.3, -0.25) is 14.5 Å². The maximum atomic E-state index is 12.3. The molecule has 2 aliphatic rings. The van der Waals surface area contributed by atoms with Crippen LogP contribution in [0, 0.1) is 0 Å². The van der Waals surface area contributed by atoms with E-state index < -0.39 is 6.04 Å². The standard InChI is InChI=1S/C22H30N6O2/c1-15(2)17-5-3-16(4-6-17)14-27-10-9-19-25-26-20(28(19)12-11-27)13-23-22(30)18-7-8-21(29)24-18/h3-6,15,18H,7-14H2,1-2H3,(H,23,30)(H,24,29). The van der Waals surface area contributed by atoms with Gasteiger partial charge in [-0.25, -0.2) is 0 Å². The lowest BCUT2D eigenvalue weighted by atomic mass is 10.0. The summed E-state index contributed by atoms with van der Waals surface area (Å²) in [7, 11) is 0. The third kappa shape index (κ3) is 4.70. The smallest absolute Gasteiger partial charge is 0.242 e. The van der Waals surface area contributed by atoms with Gasteiger partial charge in [-0.05, 0) is 23.5 Å². The molecule has 4 rings (SSSR count). The predicted molar refractivity (Wildman–Crippen MR) is 113 cm³/mol. The molecule has 0 aliphatic carbocycles. The zero-order valence-corrected chi connectivity index (χ0v) is 17.7. The van der Waals surface area contributed by atoms with E-state index in [9.17, 15) is 9.59 Å². The maximum Gasteiger partial charge on any atom is 0.242 e. The molecule has 1 saturated heterocycles. The Morgan fingerprint density at radius 1 is 1.17 bits per heavy atom. The van der Waals surface area contributed by atoms with Gasteiger partial charge in [-0.15, -0.1) is 10.2 Å². The van der Waals surface area contributed by atoms with E-state index in [1.165, 1.54) is 11.1 Å². The summed E-state index contributed by atoms with van der Waals surface area (Å²) in [6.45, 7) is 8.32. The minimum Gasteiger partial charge on any atom is -0.347 e. The molecule has 0 bridgehead atoms. The fourth-order valence-corrected chi connectivity index (χ4v) is 4.08. The normalized spacial score (nSPS) is 19.4. The van der Waals surface area contributed by atoms with Crippen LogP contribution in [0.5, 0.6) is 0 Å². The number of hydrogen-bond acceptors (Lipinski definition) is 5. The Kier molecular flexibility index (Phi) is 6.13. The van der Waals surface area contributed by atoms with E-state index in [2.05, 4.69) is 68.4 Å². The van der Waals surface area contributed by atoms with Crippen molar-refractivity contribution in [3.8, 4) is 0 Å². The number of aromatic nitrogens is 3. The van der Waals surface area contributed by atoms with Crippen molar-refractivity contribution >= 4 is 11.8 Å². The van der Waals surface area contributed by atoms with Crippen LogP contribution in [0.15, 0.2) is 24.3 Å². The molecule has 1 fully saturated rings. The van der Waals surface area contributed by atoms with Crippen molar-refractivity contribution in [2.45, 2.75) is 64.7 Å². The summed E-state index contributed by atoms with van der Waals surface area (Å²) < 4.78 is 2.12. The molecule has 3 heterocycles. The molecule has 2 aromatic rings. The van der Waals surface area contributed by atoms with Crippen LogP contribution in [0.4, 0.5) is 0 Å². The van der Waals surface area contributed by atoms with Gasteiger partial charge < -0.3 is 15.2 Å². The lowest BCUT2D eigenvalue weighted by Gasteiger charge is -2.20. The van der Waals surface area contributed by atoms with Crippen LogP contribution in [-0.4, -0.2) is 50.6 Å². The average molecular weight is 411 g/mol. The van der Waals surface area contributed by atoms with Crippen molar-refractivity contribution in [3.05, 3.63) is 47.0 Å². The van der Waals surface area contributed by atoms with Crippen LogP contribution in [-0.2, 0) is 35.6 Å². The van der Waals surface area contributed by atoms with Gasteiger partial charge >= 0.3 is 0 Å². The molecule has 0 saturated carbocycles. The summed E-state index contributed by atoms with van der Waals surface area (Å²) in [4.78, 5) is 26.0. The van der Waals surface area contributed by atoms with E-state index in [1.54, 1.807) is 0 Å². The predicted octanol–water partition coefficient (Wildman–Crippen LogP) is 1.35. The van der Waals surface area contributed by atoms with E-state index in [0.29, 0.717) is 25.3 Å². The molecule has 30 heavy (non-hydrogen) atoms. The number of rotatable bonds is 6. The Hall–Kier alpha value is -2.74. The number of amides is 2. The van der Waals surface area contributed by atoms with Gasteiger partial charge in [0.15, 0.2) is 5.82 Å². The van der Waals surface area contributed by atoms with Crippen LogP contribution in [0.2, 0.25) is 0 Å². The molecule has 0 spiro atoms. The maximum absolute atomic E-state index is 12.3. The molecular weight excluding hydrogens is 380 g/mol. The average Bonchev–Trinajstić information content (AvgIpc) is 3.29. The number of benzene rings is 1. The quantitative estimate of drug-likeness (QED) is 0.750. The third-order valence-corrected chi connectivity index (χ3v) is 5.98. The number of nitrogens with one attached hydrogen (secondary N) is 2. The summed E-state index contributed by atoms with van der Waals surface area (Å²) in [5.74, 6) is 2.06.